The fourth-order valence-corrected chi connectivity index (χ4v) is 2.84. The van der Waals surface area contributed by atoms with E-state index in [1.165, 1.54) is 23.3 Å². The fraction of sp³-hybridized carbons (Fsp3) is 0.364. The maximum absolute atomic E-state index is 13.8. The van der Waals surface area contributed by atoms with Gasteiger partial charge in [-0.2, -0.15) is 0 Å². The van der Waals surface area contributed by atoms with Gasteiger partial charge in [0.15, 0.2) is 0 Å². The van der Waals surface area contributed by atoms with Crippen molar-refractivity contribution in [3.8, 4) is 0 Å². The summed E-state index contributed by atoms with van der Waals surface area (Å²) in [6, 6.07) is 10.0. The number of hydrogen-bond donors (Lipinski definition) is 0. The van der Waals surface area contributed by atoms with Gasteiger partial charge in [0.05, 0.1) is 0 Å². The van der Waals surface area contributed by atoms with E-state index in [1.54, 1.807) is 20.3 Å². The third-order valence-corrected chi connectivity index (χ3v) is 4.12. The summed E-state index contributed by atoms with van der Waals surface area (Å²) in [7, 11) is 3.40. The molecule has 0 bridgehead atoms. The molecule has 2 aromatic carbocycles. The summed E-state index contributed by atoms with van der Waals surface area (Å²) in [5.74, 6) is -1.13. The molecular formula is C22H26F2O2. The van der Waals surface area contributed by atoms with Crippen LogP contribution in [0.15, 0.2) is 36.4 Å². The zero-order valence-electron chi connectivity index (χ0n) is 15.4. The first kappa shape index (κ1) is 20.3. The monoisotopic (exact) mass is 360 g/mol. The number of benzene rings is 2. The fourth-order valence-electron chi connectivity index (χ4n) is 2.84. The first-order valence-corrected chi connectivity index (χ1v) is 8.86. The molecule has 26 heavy (non-hydrogen) atoms. The number of aryl methyl sites for hydroxylation is 2. The summed E-state index contributed by atoms with van der Waals surface area (Å²) >= 11 is 0. The second kappa shape index (κ2) is 10.8. The summed E-state index contributed by atoms with van der Waals surface area (Å²) in [4.78, 5) is 0. The van der Waals surface area contributed by atoms with E-state index in [2.05, 4.69) is 18.2 Å². The van der Waals surface area contributed by atoms with Gasteiger partial charge in [0.2, 0.25) is 0 Å². The number of halogens is 2. The maximum atomic E-state index is 13.8. The van der Waals surface area contributed by atoms with Crippen molar-refractivity contribution in [2.75, 3.05) is 27.4 Å². The summed E-state index contributed by atoms with van der Waals surface area (Å²) < 4.78 is 37.1. The Morgan fingerprint density at radius 2 is 1.42 bits per heavy atom. The molecular weight excluding hydrogens is 334 g/mol. The predicted octanol–water partition coefficient (Wildman–Crippen LogP) is 5.29. The number of hydrogen-bond acceptors (Lipinski definition) is 2. The van der Waals surface area contributed by atoms with Crippen LogP contribution in [0.3, 0.4) is 0 Å². The minimum Gasteiger partial charge on any atom is -0.385 e. The Labute approximate surface area is 154 Å². The van der Waals surface area contributed by atoms with Crippen LogP contribution in [-0.2, 0) is 22.3 Å². The van der Waals surface area contributed by atoms with Gasteiger partial charge in [-0.25, -0.2) is 8.78 Å². The second-order valence-electron chi connectivity index (χ2n) is 6.27. The average molecular weight is 360 g/mol. The lowest BCUT2D eigenvalue weighted by molar-refractivity contribution is 0.195. The van der Waals surface area contributed by atoms with Gasteiger partial charge < -0.3 is 9.47 Å². The molecule has 0 saturated heterocycles. The van der Waals surface area contributed by atoms with Gasteiger partial charge in [0.1, 0.15) is 11.6 Å². The van der Waals surface area contributed by atoms with Crippen LogP contribution >= 0.6 is 0 Å². The third kappa shape index (κ3) is 6.70. The molecule has 0 heterocycles. The van der Waals surface area contributed by atoms with Crippen molar-refractivity contribution in [1.82, 2.24) is 0 Å². The lowest BCUT2D eigenvalue weighted by Gasteiger charge is -2.08. The number of rotatable bonds is 10. The summed E-state index contributed by atoms with van der Waals surface area (Å²) in [6.45, 7) is 1.44. The van der Waals surface area contributed by atoms with Gasteiger partial charge in [-0.05, 0) is 54.5 Å². The van der Waals surface area contributed by atoms with Crippen LogP contribution in [0.2, 0.25) is 0 Å². The van der Waals surface area contributed by atoms with Crippen LogP contribution in [0, 0.1) is 11.6 Å². The highest BCUT2D eigenvalue weighted by molar-refractivity contribution is 5.70. The molecule has 0 radical (unpaired) electrons. The molecule has 0 aliphatic carbocycles. The van der Waals surface area contributed by atoms with E-state index in [0.717, 1.165) is 50.5 Å². The molecule has 0 aromatic heterocycles. The van der Waals surface area contributed by atoms with Crippen molar-refractivity contribution in [2.45, 2.75) is 25.7 Å². The Kier molecular flexibility index (Phi) is 8.45. The number of methoxy groups -OCH3 is 2. The largest absolute Gasteiger partial charge is 0.385 e. The van der Waals surface area contributed by atoms with Gasteiger partial charge in [-0.1, -0.05) is 30.4 Å². The van der Waals surface area contributed by atoms with Gasteiger partial charge in [0.25, 0.3) is 0 Å². The highest BCUT2D eigenvalue weighted by Gasteiger charge is 2.03. The first-order valence-electron chi connectivity index (χ1n) is 8.86. The standard InChI is InChI=1S/C22H26F2O2/c1-25-11-3-5-17-13-18(6-4-12-26-2)15-19(14-17)7-8-20-9-10-21(23)16-22(20)24/h7-10,13-16H,3-6,11-12H2,1-2H3. The smallest absolute Gasteiger partial charge is 0.133 e. The normalized spacial score (nSPS) is 11.4. The molecule has 0 amide bonds. The zero-order valence-corrected chi connectivity index (χ0v) is 15.4. The lowest BCUT2D eigenvalue weighted by atomic mass is 9.99. The molecule has 2 rings (SSSR count). The second-order valence-corrected chi connectivity index (χ2v) is 6.27. The van der Waals surface area contributed by atoms with Crippen LogP contribution in [-0.4, -0.2) is 27.4 Å². The molecule has 0 N–H and O–H groups in total. The highest BCUT2D eigenvalue weighted by Crippen LogP contribution is 2.18. The molecule has 2 aromatic rings. The molecule has 0 saturated carbocycles. The molecule has 4 heteroatoms. The third-order valence-electron chi connectivity index (χ3n) is 4.12. The van der Waals surface area contributed by atoms with E-state index >= 15 is 0 Å². The molecule has 140 valence electrons. The van der Waals surface area contributed by atoms with Crippen LogP contribution in [0.1, 0.15) is 35.1 Å². The first-order chi connectivity index (χ1) is 12.6. The van der Waals surface area contributed by atoms with Crippen molar-refractivity contribution in [3.63, 3.8) is 0 Å². The average Bonchev–Trinajstić information content (AvgIpc) is 2.61. The molecule has 0 atom stereocenters. The SMILES string of the molecule is COCCCc1cc(C=Cc2ccc(F)cc2F)cc(CCCOC)c1. The van der Waals surface area contributed by atoms with E-state index in [9.17, 15) is 8.78 Å². The van der Waals surface area contributed by atoms with Crippen LogP contribution in [0.25, 0.3) is 12.2 Å². The van der Waals surface area contributed by atoms with Crippen molar-refractivity contribution in [2.24, 2.45) is 0 Å². The minimum atomic E-state index is -0.569. The van der Waals surface area contributed by atoms with E-state index in [4.69, 9.17) is 9.47 Å². The van der Waals surface area contributed by atoms with Crippen LogP contribution in [0.4, 0.5) is 8.78 Å². The quantitative estimate of drug-likeness (QED) is 0.423. The summed E-state index contributed by atoms with van der Waals surface area (Å²) in [6.07, 6.45) is 7.31. The lowest BCUT2D eigenvalue weighted by Crippen LogP contribution is -1.97. The van der Waals surface area contributed by atoms with Gasteiger partial charge >= 0.3 is 0 Å². The Balaban J connectivity index is 2.19. The predicted molar refractivity (Wildman–Crippen MR) is 102 cm³/mol. The molecule has 2 nitrogen and oxygen atoms in total. The van der Waals surface area contributed by atoms with E-state index in [0.29, 0.717) is 5.56 Å². The van der Waals surface area contributed by atoms with Crippen LogP contribution in [0.5, 0.6) is 0 Å². The van der Waals surface area contributed by atoms with E-state index in [-0.39, 0.29) is 0 Å². The Hall–Kier alpha value is -2.04. The van der Waals surface area contributed by atoms with Gasteiger partial charge in [0, 0.05) is 39.1 Å². The molecule has 0 aliphatic heterocycles. The maximum Gasteiger partial charge on any atom is 0.133 e. The van der Waals surface area contributed by atoms with Gasteiger partial charge in [-0.15, -0.1) is 0 Å². The Morgan fingerprint density at radius 3 is 1.96 bits per heavy atom. The van der Waals surface area contributed by atoms with E-state index < -0.39 is 11.6 Å². The van der Waals surface area contributed by atoms with Crippen molar-refractivity contribution < 1.29 is 18.3 Å². The van der Waals surface area contributed by atoms with Crippen molar-refractivity contribution >= 4 is 12.2 Å². The number of ether oxygens (including phenoxy) is 2. The van der Waals surface area contributed by atoms with E-state index in [1.807, 2.05) is 6.08 Å². The van der Waals surface area contributed by atoms with Crippen molar-refractivity contribution in [1.29, 1.82) is 0 Å². The van der Waals surface area contributed by atoms with Crippen molar-refractivity contribution in [3.05, 3.63) is 70.3 Å². The Bertz CT molecular complexity index is 698. The minimum absolute atomic E-state index is 0.372. The topological polar surface area (TPSA) is 18.5 Å². The van der Waals surface area contributed by atoms with Gasteiger partial charge in [-0.3, -0.25) is 0 Å². The molecule has 0 spiro atoms. The van der Waals surface area contributed by atoms with Crippen LogP contribution < -0.4 is 0 Å². The molecule has 0 fully saturated rings. The molecule has 0 unspecified atom stereocenters. The molecule has 0 aliphatic rings. The summed E-state index contributed by atoms with van der Waals surface area (Å²) in [5.41, 5.74) is 3.85. The summed E-state index contributed by atoms with van der Waals surface area (Å²) in [5, 5.41) is 0. The Morgan fingerprint density at radius 1 is 0.808 bits per heavy atom. The highest BCUT2D eigenvalue weighted by atomic mass is 19.1. The zero-order chi connectivity index (χ0) is 18.8.